The molecule has 19 heavy (non-hydrogen) atoms. The molecular weight excluding hydrogens is 304 g/mol. The third-order valence-electron chi connectivity index (χ3n) is 3.06. The number of aromatic nitrogens is 1. The molecule has 3 nitrogen and oxygen atoms in total. The van der Waals surface area contributed by atoms with Crippen LogP contribution in [0, 0.1) is 6.92 Å². The van der Waals surface area contributed by atoms with Crippen LogP contribution in [-0.2, 0) is 4.79 Å². The van der Waals surface area contributed by atoms with Gasteiger partial charge < -0.3 is 5.32 Å². The molecule has 1 N–H and O–H groups in total. The van der Waals surface area contributed by atoms with Gasteiger partial charge in [-0.25, -0.2) is 4.98 Å². The van der Waals surface area contributed by atoms with Crippen molar-refractivity contribution in [3.05, 3.63) is 22.3 Å². The van der Waals surface area contributed by atoms with Gasteiger partial charge in [0.25, 0.3) is 0 Å². The number of hydrogen-bond acceptors (Lipinski definition) is 2. The molecule has 0 saturated heterocycles. The quantitative estimate of drug-likeness (QED) is 0.694. The summed E-state index contributed by atoms with van der Waals surface area (Å²) in [6, 6.07) is 1.95. The van der Waals surface area contributed by atoms with Gasteiger partial charge >= 0.3 is 0 Å². The molecule has 0 saturated carbocycles. The zero-order valence-electron chi connectivity index (χ0n) is 11.8. The summed E-state index contributed by atoms with van der Waals surface area (Å²) in [5.41, 5.74) is 0.977. The van der Waals surface area contributed by atoms with Crippen LogP contribution in [0.5, 0.6) is 0 Å². The van der Waals surface area contributed by atoms with Crippen LogP contribution in [0.2, 0.25) is 0 Å². The largest absolute Gasteiger partial charge is 0.310 e. The number of hydrogen-bond donors (Lipinski definition) is 1. The van der Waals surface area contributed by atoms with Crippen molar-refractivity contribution in [2.24, 2.45) is 0 Å². The maximum absolute atomic E-state index is 11.8. The van der Waals surface area contributed by atoms with Crippen LogP contribution in [-0.4, -0.2) is 10.9 Å². The minimum atomic E-state index is 0.0633. The monoisotopic (exact) mass is 326 g/mol. The lowest BCUT2D eigenvalue weighted by Crippen LogP contribution is -2.13. The second-order valence-corrected chi connectivity index (χ2v) is 5.80. The summed E-state index contributed by atoms with van der Waals surface area (Å²) in [7, 11) is 0. The van der Waals surface area contributed by atoms with E-state index in [0.29, 0.717) is 12.2 Å². The molecule has 4 heteroatoms. The fourth-order valence-electron chi connectivity index (χ4n) is 1.93. The molecule has 0 aliphatic rings. The number of carbonyl (C=O) groups excluding carboxylic acids is 1. The SMILES string of the molecule is CCCCCCCCC(=O)Nc1ncc(Br)cc1C. The minimum absolute atomic E-state index is 0.0633. The van der Waals surface area contributed by atoms with Gasteiger partial charge in [0, 0.05) is 17.1 Å². The van der Waals surface area contributed by atoms with Gasteiger partial charge in [0.2, 0.25) is 5.91 Å². The highest BCUT2D eigenvalue weighted by atomic mass is 79.9. The van der Waals surface area contributed by atoms with Gasteiger partial charge in [0.15, 0.2) is 0 Å². The molecule has 1 rings (SSSR count). The van der Waals surface area contributed by atoms with E-state index in [1.54, 1.807) is 6.20 Å². The molecule has 0 spiro atoms. The number of halogens is 1. The van der Waals surface area contributed by atoms with Gasteiger partial charge in [0.05, 0.1) is 0 Å². The van der Waals surface area contributed by atoms with E-state index in [4.69, 9.17) is 0 Å². The fraction of sp³-hybridized carbons (Fsp3) is 0.600. The van der Waals surface area contributed by atoms with Crippen LogP contribution >= 0.6 is 15.9 Å². The first-order valence-electron chi connectivity index (χ1n) is 7.05. The van der Waals surface area contributed by atoms with Crippen LogP contribution in [0.15, 0.2) is 16.7 Å². The topological polar surface area (TPSA) is 42.0 Å². The Bertz CT molecular complexity index is 407. The summed E-state index contributed by atoms with van der Waals surface area (Å²) in [5.74, 6) is 0.729. The summed E-state index contributed by atoms with van der Waals surface area (Å²) in [4.78, 5) is 16.0. The Morgan fingerprint density at radius 3 is 2.63 bits per heavy atom. The lowest BCUT2D eigenvalue weighted by molar-refractivity contribution is -0.116. The van der Waals surface area contributed by atoms with E-state index in [2.05, 4.69) is 33.2 Å². The van der Waals surface area contributed by atoms with Crippen molar-refractivity contribution < 1.29 is 4.79 Å². The van der Waals surface area contributed by atoms with Crippen molar-refractivity contribution in [2.45, 2.75) is 58.8 Å². The summed E-state index contributed by atoms with van der Waals surface area (Å²) in [6.45, 7) is 4.15. The Labute approximate surface area is 124 Å². The Morgan fingerprint density at radius 1 is 1.26 bits per heavy atom. The maximum atomic E-state index is 11.8. The summed E-state index contributed by atoms with van der Waals surface area (Å²) in [6.07, 6.45) is 9.47. The van der Waals surface area contributed by atoms with Gasteiger partial charge in [-0.1, -0.05) is 39.0 Å². The van der Waals surface area contributed by atoms with Gasteiger partial charge in [-0.05, 0) is 40.9 Å². The molecule has 1 aromatic heterocycles. The second kappa shape index (κ2) is 9.08. The van der Waals surface area contributed by atoms with Crippen LogP contribution in [0.3, 0.4) is 0 Å². The average molecular weight is 327 g/mol. The van der Waals surface area contributed by atoms with Crippen LogP contribution < -0.4 is 5.32 Å². The van der Waals surface area contributed by atoms with Crippen molar-refractivity contribution >= 4 is 27.7 Å². The number of nitrogens with zero attached hydrogens (tertiary/aromatic N) is 1. The molecule has 0 unspecified atom stereocenters. The smallest absolute Gasteiger partial charge is 0.225 e. The van der Waals surface area contributed by atoms with E-state index in [0.717, 1.165) is 22.9 Å². The third-order valence-corrected chi connectivity index (χ3v) is 3.49. The first kappa shape index (κ1) is 16.2. The second-order valence-electron chi connectivity index (χ2n) is 4.88. The lowest BCUT2D eigenvalue weighted by atomic mass is 10.1. The highest BCUT2D eigenvalue weighted by Gasteiger charge is 2.06. The normalized spacial score (nSPS) is 10.5. The van der Waals surface area contributed by atoms with E-state index < -0.39 is 0 Å². The van der Waals surface area contributed by atoms with Gasteiger partial charge in [-0.15, -0.1) is 0 Å². The minimum Gasteiger partial charge on any atom is -0.310 e. The van der Waals surface area contributed by atoms with Gasteiger partial charge in [-0.3, -0.25) is 4.79 Å². The molecule has 0 radical (unpaired) electrons. The first-order chi connectivity index (χ1) is 9.13. The third kappa shape index (κ3) is 6.71. The molecule has 0 aromatic carbocycles. The molecule has 0 aliphatic carbocycles. The Balaban J connectivity index is 2.23. The van der Waals surface area contributed by atoms with Crippen molar-refractivity contribution in [3.63, 3.8) is 0 Å². The summed E-state index contributed by atoms with van der Waals surface area (Å²) in [5, 5.41) is 2.87. The zero-order valence-corrected chi connectivity index (χ0v) is 13.4. The Kier molecular flexibility index (Phi) is 7.72. The van der Waals surface area contributed by atoms with Crippen molar-refractivity contribution in [2.75, 3.05) is 5.32 Å². The molecule has 0 atom stereocenters. The first-order valence-corrected chi connectivity index (χ1v) is 7.84. The van der Waals surface area contributed by atoms with Crippen molar-refractivity contribution in [1.82, 2.24) is 4.98 Å². The highest BCUT2D eigenvalue weighted by molar-refractivity contribution is 9.10. The Morgan fingerprint density at radius 2 is 1.95 bits per heavy atom. The van der Waals surface area contributed by atoms with Crippen molar-refractivity contribution in [3.8, 4) is 0 Å². The highest BCUT2D eigenvalue weighted by Crippen LogP contribution is 2.17. The fourth-order valence-corrected chi connectivity index (χ4v) is 2.38. The molecule has 0 fully saturated rings. The van der Waals surface area contributed by atoms with Gasteiger partial charge in [-0.2, -0.15) is 0 Å². The zero-order chi connectivity index (χ0) is 14.1. The number of nitrogens with one attached hydrogen (secondary N) is 1. The van der Waals surface area contributed by atoms with Crippen LogP contribution in [0.25, 0.3) is 0 Å². The average Bonchev–Trinajstić information content (AvgIpc) is 2.37. The van der Waals surface area contributed by atoms with E-state index in [1.807, 2.05) is 13.0 Å². The molecule has 0 aliphatic heterocycles. The van der Waals surface area contributed by atoms with E-state index in [1.165, 1.54) is 25.7 Å². The summed E-state index contributed by atoms with van der Waals surface area (Å²) < 4.78 is 0.930. The molecule has 0 bridgehead atoms. The molecule has 1 aromatic rings. The number of rotatable bonds is 8. The predicted molar refractivity (Wildman–Crippen MR) is 83.3 cm³/mol. The number of aryl methyl sites for hydroxylation is 1. The van der Waals surface area contributed by atoms with Gasteiger partial charge in [0.1, 0.15) is 5.82 Å². The van der Waals surface area contributed by atoms with E-state index in [9.17, 15) is 4.79 Å². The number of amides is 1. The number of pyridine rings is 1. The van der Waals surface area contributed by atoms with Crippen LogP contribution in [0.4, 0.5) is 5.82 Å². The van der Waals surface area contributed by atoms with E-state index in [-0.39, 0.29) is 5.91 Å². The maximum Gasteiger partial charge on any atom is 0.225 e. The number of anilines is 1. The predicted octanol–water partition coefficient (Wildman–Crippen LogP) is 4.84. The van der Waals surface area contributed by atoms with Crippen molar-refractivity contribution in [1.29, 1.82) is 0 Å². The van der Waals surface area contributed by atoms with Crippen LogP contribution in [0.1, 0.15) is 57.4 Å². The molecule has 1 heterocycles. The number of carbonyl (C=O) groups is 1. The van der Waals surface area contributed by atoms with E-state index >= 15 is 0 Å². The standard InChI is InChI=1S/C15H23BrN2O/c1-3-4-5-6-7-8-9-14(19)18-15-12(2)10-13(16)11-17-15/h10-11H,3-9H2,1-2H3,(H,17,18,19). The number of unbranched alkanes of at least 4 members (excludes halogenated alkanes) is 5. The Hall–Kier alpha value is -0.900. The molecule has 106 valence electrons. The molecule has 1 amide bonds. The molecular formula is C15H23BrN2O. The lowest BCUT2D eigenvalue weighted by Gasteiger charge is -2.07. The summed E-state index contributed by atoms with van der Waals surface area (Å²) >= 11 is 3.36.